The van der Waals surface area contributed by atoms with Gasteiger partial charge in [-0.1, -0.05) is 0 Å². The van der Waals surface area contributed by atoms with Crippen molar-refractivity contribution in [1.82, 2.24) is 19.7 Å². The van der Waals surface area contributed by atoms with E-state index in [1.54, 1.807) is 4.68 Å². The molecule has 0 unspecified atom stereocenters. The first kappa shape index (κ1) is 12.8. The van der Waals surface area contributed by atoms with Crippen molar-refractivity contribution in [2.45, 2.75) is 6.42 Å². The second-order valence-electron chi connectivity index (χ2n) is 3.73. The monoisotopic (exact) mass is 311 g/mol. The molecule has 0 amide bonds. The van der Waals surface area contributed by atoms with E-state index in [0.29, 0.717) is 11.6 Å². The molecule has 8 heteroatoms. The number of nitrogen functional groups attached to an aromatic ring is 1. The predicted octanol–water partition coefficient (Wildman–Crippen LogP) is 0.913. The minimum absolute atomic E-state index is 0.550. The Kier molecular flexibility index (Phi) is 4.11. The van der Waals surface area contributed by atoms with Crippen molar-refractivity contribution >= 4 is 27.6 Å². The highest BCUT2D eigenvalue weighted by Gasteiger charge is 2.06. The lowest BCUT2D eigenvalue weighted by atomic mass is 10.2. The highest BCUT2D eigenvalue weighted by Crippen LogP contribution is 2.25. The highest BCUT2D eigenvalue weighted by atomic mass is 79.9. The molecule has 0 aromatic carbocycles. The summed E-state index contributed by atoms with van der Waals surface area (Å²) in [6.45, 7) is 0.755. The smallest absolute Gasteiger partial charge is 0.159 e. The van der Waals surface area contributed by atoms with Crippen molar-refractivity contribution in [3.8, 4) is 0 Å². The fraction of sp³-hybridized carbons (Fsp3) is 0.300. The van der Waals surface area contributed by atoms with Crippen LogP contribution in [0.2, 0.25) is 0 Å². The zero-order chi connectivity index (χ0) is 13.0. The minimum Gasteiger partial charge on any atom is -0.369 e. The van der Waals surface area contributed by atoms with Gasteiger partial charge in [0.15, 0.2) is 5.82 Å². The number of rotatable bonds is 5. The van der Waals surface area contributed by atoms with Gasteiger partial charge in [-0.25, -0.2) is 15.8 Å². The van der Waals surface area contributed by atoms with E-state index >= 15 is 0 Å². The molecule has 0 saturated heterocycles. The average molecular weight is 312 g/mol. The van der Waals surface area contributed by atoms with Crippen LogP contribution in [0.4, 0.5) is 11.6 Å². The van der Waals surface area contributed by atoms with E-state index in [-0.39, 0.29) is 0 Å². The van der Waals surface area contributed by atoms with Crippen molar-refractivity contribution in [3.05, 3.63) is 28.8 Å². The van der Waals surface area contributed by atoms with E-state index in [2.05, 4.69) is 41.7 Å². The van der Waals surface area contributed by atoms with Gasteiger partial charge in [0.1, 0.15) is 16.6 Å². The molecule has 96 valence electrons. The van der Waals surface area contributed by atoms with Crippen LogP contribution in [0.1, 0.15) is 5.56 Å². The van der Waals surface area contributed by atoms with E-state index in [4.69, 9.17) is 5.84 Å². The Balaban J connectivity index is 1.94. The number of hydrazine groups is 1. The van der Waals surface area contributed by atoms with Gasteiger partial charge in [0.25, 0.3) is 0 Å². The lowest BCUT2D eigenvalue weighted by Crippen LogP contribution is -2.12. The second kappa shape index (κ2) is 5.78. The molecule has 0 aliphatic heterocycles. The summed E-state index contributed by atoms with van der Waals surface area (Å²) in [6.07, 6.45) is 6.16. The fourth-order valence-corrected chi connectivity index (χ4v) is 1.98. The van der Waals surface area contributed by atoms with Gasteiger partial charge >= 0.3 is 0 Å². The third-order valence-electron chi connectivity index (χ3n) is 2.39. The Hall–Kier alpha value is -1.67. The molecule has 0 radical (unpaired) electrons. The third-order valence-corrected chi connectivity index (χ3v) is 3.14. The molecule has 0 saturated carbocycles. The zero-order valence-electron chi connectivity index (χ0n) is 9.89. The topological polar surface area (TPSA) is 93.7 Å². The van der Waals surface area contributed by atoms with Crippen LogP contribution >= 0.6 is 15.9 Å². The molecule has 0 spiro atoms. The van der Waals surface area contributed by atoms with Crippen LogP contribution in [-0.4, -0.2) is 26.3 Å². The molecule has 2 aromatic heterocycles. The SMILES string of the molecule is Cn1cc(CCNc2ncnc(NN)c2Br)cn1. The van der Waals surface area contributed by atoms with E-state index in [1.165, 1.54) is 11.9 Å². The summed E-state index contributed by atoms with van der Waals surface area (Å²) in [5.74, 6) is 6.59. The van der Waals surface area contributed by atoms with Crippen LogP contribution in [0.25, 0.3) is 0 Å². The summed E-state index contributed by atoms with van der Waals surface area (Å²) in [5.41, 5.74) is 3.67. The predicted molar refractivity (Wildman–Crippen MR) is 72.9 cm³/mol. The van der Waals surface area contributed by atoms with Crippen LogP contribution in [0.5, 0.6) is 0 Å². The van der Waals surface area contributed by atoms with Crippen LogP contribution < -0.4 is 16.6 Å². The summed E-state index contributed by atoms with van der Waals surface area (Å²) >= 11 is 3.39. The summed E-state index contributed by atoms with van der Waals surface area (Å²) < 4.78 is 2.51. The molecule has 0 aliphatic carbocycles. The molecule has 2 rings (SSSR count). The molecular formula is C10H14BrN7. The first-order valence-corrected chi connectivity index (χ1v) is 6.18. The number of halogens is 1. The van der Waals surface area contributed by atoms with E-state index in [0.717, 1.165) is 17.4 Å². The first-order chi connectivity index (χ1) is 8.70. The summed E-state index contributed by atoms with van der Waals surface area (Å²) in [4.78, 5) is 8.12. The van der Waals surface area contributed by atoms with Gasteiger partial charge in [0.2, 0.25) is 0 Å². The molecule has 7 nitrogen and oxygen atoms in total. The highest BCUT2D eigenvalue weighted by molar-refractivity contribution is 9.10. The molecule has 18 heavy (non-hydrogen) atoms. The van der Waals surface area contributed by atoms with Gasteiger partial charge in [0, 0.05) is 19.8 Å². The van der Waals surface area contributed by atoms with Crippen molar-refractivity contribution in [1.29, 1.82) is 0 Å². The van der Waals surface area contributed by atoms with Gasteiger partial charge in [-0.05, 0) is 27.9 Å². The lowest BCUT2D eigenvalue weighted by Gasteiger charge is -2.08. The summed E-state index contributed by atoms with van der Waals surface area (Å²) in [6, 6.07) is 0. The first-order valence-electron chi connectivity index (χ1n) is 5.39. The van der Waals surface area contributed by atoms with Gasteiger partial charge < -0.3 is 10.7 Å². The maximum Gasteiger partial charge on any atom is 0.159 e. The van der Waals surface area contributed by atoms with E-state index in [9.17, 15) is 0 Å². The van der Waals surface area contributed by atoms with Crippen molar-refractivity contribution < 1.29 is 0 Å². The number of nitrogens with one attached hydrogen (secondary N) is 2. The Morgan fingerprint density at radius 3 is 2.83 bits per heavy atom. The number of aromatic nitrogens is 4. The lowest BCUT2D eigenvalue weighted by molar-refractivity contribution is 0.767. The third kappa shape index (κ3) is 2.96. The van der Waals surface area contributed by atoms with Gasteiger partial charge in [-0.3, -0.25) is 4.68 Å². The number of hydrogen-bond acceptors (Lipinski definition) is 6. The normalized spacial score (nSPS) is 10.4. The van der Waals surface area contributed by atoms with Gasteiger partial charge in [-0.15, -0.1) is 0 Å². The maximum absolute atomic E-state index is 5.33. The molecule has 0 aliphatic rings. The maximum atomic E-state index is 5.33. The molecule has 0 bridgehead atoms. The van der Waals surface area contributed by atoms with Crippen LogP contribution in [0, 0.1) is 0 Å². The fourth-order valence-electron chi connectivity index (χ4n) is 1.52. The number of nitrogens with two attached hydrogens (primary N) is 1. The van der Waals surface area contributed by atoms with E-state index < -0.39 is 0 Å². The minimum atomic E-state index is 0.550. The van der Waals surface area contributed by atoms with Gasteiger partial charge in [-0.2, -0.15) is 5.10 Å². The Labute approximate surface area is 113 Å². The van der Waals surface area contributed by atoms with Crippen molar-refractivity contribution in [2.75, 3.05) is 17.3 Å². The molecule has 2 aromatic rings. The summed E-state index contributed by atoms with van der Waals surface area (Å²) in [7, 11) is 1.90. The summed E-state index contributed by atoms with van der Waals surface area (Å²) in [5, 5.41) is 7.33. The molecular weight excluding hydrogens is 298 g/mol. The number of anilines is 2. The zero-order valence-corrected chi connectivity index (χ0v) is 11.5. The van der Waals surface area contributed by atoms with Crippen LogP contribution in [0.3, 0.4) is 0 Å². The average Bonchev–Trinajstić information content (AvgIpc) is 2.77. The Morgan fingerprint density at radius 2 is 2.17 bits per heavy atom. The quantitative estimate of drug-likeness (QED) is 0.561. The Morgan fingerprint density at radius 1 is 1.39 bits per heavy atom. The molecule has 2 heterocycles. The largest absolute Gasteiger partial charge is 0.369 e. The van der Waals surface area contributed by atoms with E-state index in [1.807, 2.05) is 19.4 Å². The molecule has 0 fully saturated rings. The number of hydrogen-bond donors (Lipinski definition) is 3. The van der Waals surface area contributed by atoms with Gasteiger partial charge in [0.05, 0.1) is 6.20 Å². The van der Waals surface area contributed by atoms with Crippen molar-refractivity contribution in [3.63, 3.8) is 0 Å². The van der Waals surface area contributed by atoms with Crippen molar-refractivity contribution in [2.24, 2.45) is 12.9 Å². The standard InChI is InChI=1S/C10H14BrN7/c1-18-5-7(4-16-18)2-3-13-9-8(11)10(17-12)15-6-14-9/h4-6H,2-3,12H2,1H3,(H2,13,14,15,17). The number of aryl methyl sites for hydroxylation is 1. The Bertz CT molecular complexity index is 525. The van der Waals surface area contributed by atoms with Crippen LogP contribution in [0.15, 0.2) is 23.2 Å². The second-order valence-corrected chi connectivity index (χ2v) is 4.52. The molecule has 4 N–H and O–H groups in total. The molecule has 0 atom stereocenters. The van der Waals surface area contributed by atoms with Crippen LogP contribution in [-0.2, 0) is 13.5 Å². The number of nitrogens with zero attached hydrogens (tertiary/aromatic N) is 4.